The summed E-state index contributed by atoms with van der Waals surface area (Å²) < 4.78 is 4.76. The molecule has 0 atom stereocenters. The van der Waals surface area contributed by atoms with Crippen LogP contribution in [0.3, 0.4) is 0 Å². The van der Waals surface area contributed by atoms with Gasteiger partial charge in [0, 0.05) is 19.8 Å². The van der Waals surface area contributed by atoms with Crippen LogP contribution in [0.15, 0.2) is 0 Å². The van der Waals surface area contributed by atoms with Crippen molar-refractivity contribution in [1.29, 1.82) is 0 Å². The average molecular weight is 181 g/mol. The molecule has 2 nitrogen and oxygen atoms in total. The molecule has 0 aliphatic heterocycles. The summed E-state index contributed by atoms with van der Waals surface area (Å²) in [7, 11) is 2.17. The minimum atomic E-state index is 1.09. The molecule has 1 aromatic heterocycles. The van der Waals surface area contributed by atoms with Crippen LogP contribution in [0.5, 0.6) is 0 Å². The van der Waals surface area contributed by atoms with Crippen molar-refractivity contribution in [3.63, 3.8) is 0 Å². The van der Waals surface area contributed by atoms with Gasteiger partial charge in [0.25, 0.3) is 5.82 Å². The summed E-state index contributed by atoms with van der Waals surface area (Å²) in [6.07, 6.45) is 2.25. The lowest BCUT2D eigenvalue weighted by Crippen LogP contribution is -2.39. The highest BCUT2D eigenvalue weighted by Gasteiger charge is 2.21. The first-order valence-electron chi connectivity index (χ1n) is 5.24. The molecular formula is C11H21N2+. The Morgan fingerprint density at radius 2 is 1.77 bits per heavy atom. The van der Waals surface area contributed by atoms with Gasteiger partial charge in [-0.15, -0.1) is 0 Å². The van der Waals surface area contributed by atoms with Gasteiger partial charge in [-0.05, 0) is 6.92 Å². The van der Waals surface area contributed by atoms with Gasteiger partial charge in [-0.25, -0.2) is 9.13 Å². The molecule has 0 amide bonds. The molecule has 13 heavy (non-hydrogen) atoms. The molecule has 0 aromatic carbocycles. The summed E-state index contributed by atoms with van der Waals surface area (Å²) in [6, 6.07) is 0. The number of hydrogen-bond acceptors (Lipinski definition) is 0. The number of imidazole rings is 1. The number of rotatable bonds is 3. The monoisotopic (exact) mass is 181 g/mol. The fourth-order valence-corrected chi connectivity index (χ4v) is 2.17. The Hall–Kier alpha value is -0.790. The maximum Gasteiger partial charge on any atom is 0.256 e. The molecule has 1 aromatic rings. The minimum Gasteiger partial charge on any atom is -0.234 e. The van der Waals surface area contributed by atoms with Crippen molar-refractivity contribution in [2.45, 2.75) is 47.1 Å². The van der Waals surface area contributed by atoms with Crippen LogP contribution in [0, 0.1) is 6.92 Å². The molecule has 0 spiro atoms. The second kappa shape index (κ2) is 3.95. The van der Waals surface area contributed by atoms with E-state index >= 15 is 0 Å². The van der Waals surface area contributed by atoms with E-state index in [4.69, 9.17) is 0 Å². The molecule has 0 radical (unpaired) electrons. The van der Waals surface area contributed by atoms with Crippen LogP contribution in [-0.4, -0.2) is 4.57 Å². The van der Waals surface area contributed by atoms with Crippen molar-refractivity contribution >= 4 is 0 Å². The van der Waals surface area contributed by atoms with E-state index in [1.54, 1.807) is 0 Å². The molecule has 1 heterocycles. The fourth-order valence-electron chi connectivity index (χ4n) is 2.17. The third-order valence-electron chi connectivity index (χ3n) is 2.91. The smallest absolute Gasteiger partial charge is 0.234 e. The van der Waals surface area contributed by atoms with E-state index in [9.17, 15) is 0 Å². The van der Waals surface area contributed by atoms with Gasteiger partial charge in [-0.1, -0.05) is 13.8 Å². The molecule has 1 rings (SSSR count). The molecule has 74 valence electrons. The largest absolute Gasteiger partial charge is 0.256 e. The third-order valence-corrected chi connectivity index (χ3v) is 2.91. The lowest BCUT2D eigenvalue weighted by molar-refractivity contribution is -0.707. The van der Waals surface area contributed by atoms with Crippen molar-refractivity contribution in [3.8, 4) is 0 Å². The van der Waals surface area contributed by atoms with E-state index in [-0.39, 0.29) is 0 Å². The van der Waals surface area contributed by atoms with E-state index in [1.165, 1.54) is 17.2 Å². The Balaban J connectivity index is 3.34. The Morgan fingerprint density at radius 3 is 2.15 bits per heavy atom. The zero-order valence-electron chi connectivity index (χ0n) is 9.52. The first kappa shape index (κ1) is 10.3. The molecular weight excluding hydrogens is 160 g/mol. The van der Waals surface area contributed by atoms with Gasteiger partial charge in [-0.2, -0.15) is 0 Å². The molecule has 0 bridgehead atoms. The van der Waals surface area contributed by atoms with Crippen molar-refractivity contribution < 1.29 is 4.57 Å². The van der Waals surface area contributed by atoms with Crippen molar-refractivity contribution in [1.82, 2.24) is 4.57 Å². The van der Waals surface area contributed by atoms with Gasteiger partial charge in [0.1, 0.15) is 11.4 Å². The quantitative estimate of drug-likeness (QED) is 0.628. The van der Waals surface area contributed by atoms with Crippen molar-refractivity contribution in [2.75, 3.05) is 0 Å². The third kappa shape index (κ3) is 1.50. The normalized spacial score (nSPS) is 10.8. The minimum absolute atomic E-state index is 1.09. The highest BCUT2D eigenvalue weighted by atomic mass is 15.2. The second-order valence-corrected chi connectivity index (χ2v) is 3.46. The summed E-state index contributed by atoms with van der Waals surface area (Å²) in [5.74, 6) is 1.44. The predicted octanol–water partition coefficient (Wildman–Crippen LogP) is 1.77. The van der Waals surface area contributed by atoms with Crippen LogP contribution in [0.2, 0.25) is 0 Å². The van der Waals surface area contributed by atoms with E-state index in [2.05, 4.69) is 43.9 Å². The Morgan fingerprint density at radius 1 is 1.15 bits per heavy atom. The molecule has 0 N–H and O–H groups in total. The molecule has 2 heteroatoms. The summed E-state index contributed by atoms with van der Waals surface area (Å²) in [5, 5.41) is 0. The molecule has 0 saturated heterocycles. The van der Waals surface area contributed by atoms with Crippen LogP contribution in [0.4, 0.5) is 0 Å². The lowest BCUT2D eigenvalue weighted by Gasteiger charge is -1.98. The van der Waals surface area contributed by atoms with Gasteiger partial charge in [0.15, 0.2) is 0 Å². The lowest BCUT2D eigenvalue weighted by atomic mass is 10.3. The van der Waals surface area contributed by atoms with E-state index in [1.807, 2.05) is 0 Å². The van der Waals surface area contributed by atoms with E-state index in [0.29, 0.717) is 0 Å². The van der Waals surface area contributed by atoms with Gasteiger partial charge in [-0.3, -0.25) is 0 Å². The fraction of sp³-hybridized carbons (Fsp3) is 0.727. The topological polar surface area (TPSA) is 8.81 Å². The maximum atomic E-state index is 2.44. The second-order valence-electron chi connectivity index (χ2n) is 3.46. The van der Waals surface area contributed by atoms with Crippen LogP contribution in [0.25, 0.3) is 0 Å². The van der Waals surface area contributed by atoms with E-state index < -0.39 is 0 Å². The average Bonchev–Trinajstić information content (AvgIpc) is 2.38. The first-order valence-corrected chi connectivity index (χ1v) is 5.24. The molecule has 0 fully saturated rings. The predicted molar refractivity (Wildman–Crippen MR) is 54.8 cm³/mol. The maximum absolute atomic E-state index is 2.44. The Kier molecular flexibility index (Phi) is 3.12. The highest BCUT2D eigenvalue weighted by Crippen LogP contribution is 2.08. The molecule has 0 aliphatic rings. The Bertz CT molecular complexity index is 270. The number of hydrogen-bond donors (Lipinski definition) is 0. The summed E-state index contributed by atoms with van der Waals surface area (Å²) in [6.45, 7) is 9.98. The zero-order chi connectivity index (χ0) is 10.0. The summed E-state index contributed by atoms with van der Waals surface area (Å²) >= 11 is 0. The molecule has 0 aliphatic carbocycles. The standard InChI is InChI=1S/C11H21N2/c1-6-10-9(4)12(5)11(7-2)13(10)8-3/h6-8H2,1-5H3/q+1. The van der Waals surface area contributed by atoms with Gasteiger partial charge >= 0.3 is 0 Å². The SMILES string of the molecule is CCc1c(C)n(C)c(CC)[n+]1CC. The summed E-state index contributed by atoms with van der Waals surface area (Å²) in [5.41, 5.74) is 2.91. The number of nitrogens with zero attached hydrogens (tertiary/aromatic N) is 2. The first-order chi connectivity index (χ1) is 6.17. The van der Waals surface area contributed by atoms with Crippen molar-refractivity contribution in [3.05, 3.63) is 17.2 Å². The molecule has 0 saturated carbocycles. The van der Waals surface area contributed by atoms with Gasteiger partial charge in [0.2, 0.25) is 0 Å². The van der Waals surface area contributed by atoms with Crippen LogP contribution < -0.4 is 4.57 Å². The van der Waals surface area contributed by atoms with Gasteiger partial charge < -0.3 is 0 Å². The van der Waals surface area contributed by atoms with Crippen LogP contribution >= 0.6 is 0 Å². The molecule has 0 unspecified atom stereocenters. The zero-order valence-corrected chi connectivity index (χ0v) is 9.52. The summed E-state index contributed by atoms with van der Waals surface area (Å²) in [4.78, 5) is 0. The van der Waals surface area contributed by atoms with Crippen molar-refractivity contribution in [2.24, 2.45) is 7.05 Å². The highest BCUT2D eigenvalue weighted by molar-refractivity contribution is 5.08. The van der Waals surface area contributed by atoms with Crippen LogP contribution in [-0.2, 0) is 26.4 Å². The Labute approximate surface area is 81.2 Å². The number of aromatic nitrogens is 2. The van der Waals surface area contributed by atoms with Gasteiger partial charge in [0.05, 0.1) is 13.6 Å². The van der Waals surface area contributed by atoms with E-state index in [0.717, 1.165) is 19.4 Å². The van der Waals surface area contributed by atoms with Crippen LogP contribution in [0.1, 0.15) is 38.0 Å².